The normalized spacial score (nSPS) is 12.1. The number of carbonyl (C=O) groups is 1. The molecule has 0 bridgehead atoms. The minimum atomic E-state index is -3.77. The van der Waals surface area contributed by atoms with Gasteiger partial charge in [-0.2, -0.15) is 8.78 Å². The molecule has 12 heavy (non-hydrogen) atoms. The van der Waals surface area contributed by atoms with Crippen LogP contribution in [0.1, 0.15) is 13.8 Å². The van der Waals surface area contributed by atoms with Crippen molar-refractivity contribution in [3.63, 3.8) is 0 Å². The minimum absolute atomic E-state index is 0.120. The van der Waals surface area contributed by atoms with E-state index in [1.807, 2.05) is 0 Å². The summed E-state index contributed by atoms with van der Waals surface area (Å²) in [6, 6.07) is 0. The van der Waals surface area contributed by atoms with E-state index in [-0.39, 0.29) is 12.5 Å². The van der Waals surface area contributed by atoms with Crippen LogP contribution < -0.4 is 0 Å². The topological polar surface area (TPSA) is 46.5 Å². The first-order chi connectivity index (χ1) is 5.36. The summed E-state index contributed by atoms with van der Waals surface area (Å²) in [5.41, 5.74) is 0. The Morgan fingerprint density at radius 3 is 2.42 bits per heavy atom. The van der Waals surface area contributed by atoms with Crippen LogP contribution in [0, 0.1) is 5.92 Å². The van der Waals surface area contributed by atoms with E-state index in [2.05, 4.69) is 4.74 Å². The Bertz CT molecular complexity index is 157. The van der Waals surface area contributed by atoms with Gasteiger partial charge in [0, 0.05) is 6.61 Å². The Kier molecular flexibility index (Phi) is 4.09. The van der Waals surface area contributed by atoms with Gasteiger partial charge in [-0.25, -0.2) is 4.79 Å². The molecular formula is C7H12F2O3. The second kappa shape index (κ2) is 4.35. The van der Waals surface area contributed by atoms with Crippen molar-refractivity contribution in [3.05, 3.63) is 0 Å². The number of hydrogen-bond acceptors (Lipinski definition) is 2. The summed E-state index contributed by atoms with van der Waals surface area (Å²) in [5, 5.41) is 7.98. The number of rotatable bonds is 5. The summed E-state index contributed by atoms with van der Waals surface area (Å²) in [4.78, 5) is 9.87. The zero-order valence-electron chi connectivity index (χ0n) is 7.01. The van der Waals surface area contributed by atoms with Crippen LogP contribution in [-0.4, -0.2) is 30.2 Å². The van der Waals surface area contributed by atoms with Gasteiger partial charge >= 0.3 is 11.9 Å². The summed E-state index contributed by atoms with van der Waals surface area (Å²) >= 11 is 0. The maximum absolute atomic E-state index is 12.3. The molecule has 0 aromatic heterocycles. The standard InChI is InChI=1S/C7H12F2O3/c1-5(2)3-12-4-7(8,9)6(10)11/h5H,3-4H2,1-2H3,(H,10,11). The SMILES string of the molecule is CC(C)COCC(F)(F)C(=O)O. The molecular weight excluding hydrogens is 170 g/mol. The number of carboxylic acids is 1. The van der Waals surface area contributed by atoms with Crippen LogP contribution in [0.15, 0.2) is 0 Å². The first kappa shape index (κ1) is 11.3. The molecule has 0 saturated carbocycles. The third-order valence-corrected chi connectivity index (χ3v) is 1.05. The highest BCUT2D eigenvalue weighted by Crippen LogP contribution is 2.13. The summed E-state index contributed by atoms with van der Waals surface area (Å²) in [6.45, 7) is 2.67. The molecule has 0 aromatic rings. The lowest BCUT2D eigenvalue weighted by atomic mass is 10.2. The molecule has 72 valence electrons. The van der Waals surface area contributed by atoms with Gasteiger partial charge in [0.25, 0.3) is 0 Å². The lowest BCUT2D eigenvalue weighted by Gasteiger charge is -2.12. The fourth-order valence-corrected chi connectivity index (χ4v) is 0.485. The molecule has 0 heterocycles. The smallest absolute Gasteiger partial charge is 0.377 e. The monoisotopic (exact) mass is 182 g/mol. The summed E-state index contributed by atoms with van der Waals surface area (Å²) in [6.07, 6.45) is 0. The van der Waals surface area contributed by atoms with E-state index in [1.165, 1.54) is 0 Å². The molecule has 0 fully saturated rings. The van der Waals surface area contributed by atoms with Crippen molar-refractivity contribution in [2.75, 3.05) is 13.2 Å². The van der Waals surface area contributed by atoms with Crippen LogP contribution in [0.5, 0.6) is 0 Å². The molecule has 3 nitrogen and oxygen atoms in total. The molecule has 0 aliphatic rings. The fraction of sp³-hybridized carbons (Fsp3) is 0.857. The summed E-state index contributed by atoms with van der Waals surface area (Å²) < 4.78 is 29.0. The van der Waals surface area contributed by atoms with Crippen molar-refractivity contribution in [2.45, 2.75) is 19.8 Å². The van der Waals surface area contributed by atoms with Gasteiger partial charge in [0.1, 0.15) is 6.61 Å². The molecule has 0 amide bonds. The maximum atomic E-state index is 12.3. The maximum Gasteiger partial charge on any atom is 0.377 e. The lowest BCUT2D eigenvalue weighted by Crippen LogP contribution is -2.34. The van der Waals surface area contributed by atoms with Gasteiger partial charge < -0.3 is 9.84 Å². The molecule has 0 spiro atoms. The van der Waals surface area contributed by atoms with Crippen LogP contribution in [0.2, 0.25) is 0 Å². The van der Waals surface area contributed by atoms with Crippen LogP contribution in [0.4, 0.5) is 8.78 Å². The van der Waals surface area contributed by atoms with E-state index in [1.54, 1.807) is 13.8 Å². The van der Waals surface area contributed by atoms with E-state index in [9.17, 15) is 13.6 Å². The molecule has 5 heteroatoms. The van der Waals surface area contributed by atoms with Crippen LogP contribution in [0.25, 0.3) is 0 Å². The lowest BCUT2D eigenvalue weighted by molar-refractivity contribution is -0.173. The third-order valence-electron chi connectivity index (χ3n) is 1.05. The third kappa shape index (κ3) is 4.23. The second-order valence-corrected chi connectivity index (χ2v) is 2.92. The Morgan fingerprint density at radius 2 is 2.08 bits per heavy atom. The van der Waals surface area contributed by atoms with Crippen molar-refractivity contribution in [1.29, 1.82) is 0 Å². The number of ether oxygens (including phenoxy) is 1. The van der Waals surface area contributed by atoms with Gasteiger partial charge in [-0.3, -0.25) is 0 Å². The van der Waals surface area contributed by atoms with Gasteiger partial charge in [-0.05, 0) is 5.92 Å². The molecule has 0 aromatic carbocycles. The first-order valence-electron chi connectivity index (χ1n) is 3.55. The van der Waals surface area contributed by atoms with Crippen molar-refractivity contribution in [2.24, 2.45) is 5.92 Å². The largest absolute Gasteiger partial charge is 0.477 e. The molecule has 0 aliphatic carbocycles. The van der Waals surface area contributed by atoms with Gasteiger partial charge in [0.05, 0.1) is 0 Å². The highest BCUT2D eigenvalue weighted by atomic mass is 19.3. The predicted octanol–water partition coefficient (Wildman–Crippen LogP) is 1.38. The van der Waals surface area contributed by atoms with Gasteiger partial charge in [-0.15, -0.1) is 0 Å². The Balaban J connectivity index is 3.69. The number of alkyl halides is 2. The number of aliphatic carboxylic acids is 1. The molecule has 0 aliphatic heterocycles. The number of hydrogen-bond donors (Lipinski definition) is 1. The highest BCUT2D eigenvalue weighted by Gasteiger charge is 2.39. The summed E-state index contributed by atoms with van der Waals surface area (Å²) in [5.74, 6) is -5.80. The van der Waals surface area contributed by atoms with Gasteiger partial charge in [-0.1, -0.05) is 13.8 Å². The molecule has 0 saturated heterocycles. The van der Waals surface area contributed by atoms with Crippen molar-refractivity contribution >= 4 is 5.97 Å². The van der Waals surface area contributed by atoms with Crippen LogP contribution in [0.3, 0.4) is 0 Å². The second-order valence-electron chi connectivity index (χ2n) is 2.92. The average molecular weight is 182 g/mol. The van der Waals surface area contributed by atoms with Crippen molar-refractivity contribution in [3.8, 4) is 0 Å². The predicted molar refractivity (Wildman–Crippen MR) is 38.2 cm³/mol. The van der Waals surface area contributed by atoms with Gasteiger partial charge in [0.15, 0.2) is 0 Å². The summed E-state index contributed by atoms with van der Waals surface area (Å²) in [7, 11) is 0. The highest BCUT2D eigenvalue weighted by molar-refractivity contribution is 5.75. The van der Waals surface area contributed by atoms with E-state index >= 15 is 0 Å². The first-order valence-corrected chi connectivity index (χ1v) is 3.55. The molecule has 1 N–H and O–H groups in total. The van der Waals surface area contributed by atoms with Crippen LogP contribution in [-0.2, 0) is 9.53 Å². The molecule has 0 rings (SSSR count). The zero-order valence-corrected chi connectivity index (χ0v) is 7.01. The fourth-order valence-electron chi connectivity index (χ4n) is 0.485. The van der Waals surface area contributed by atoms with E-state index < -0.39 is 18.5 Å². The molecule has 0 radical (unpaired) electrons. The zero-order chi connectivity index (χ0) is 9.78. The Hall–Kier alpha value is -0.710. The van der Waals surface area contributed by atoms with Gasteiger partial charge in [0.2, 0.25) is 0 Å². The van der Waals surface area contributed by atoms with Crippen LogP contribution >= 0.6 is 0 Å². The number of halogens is 2. The van der Waals surface area contributed by atoms with E-state index in [0.29, 0.717) is 0 Å². The molecule has 0 unspecified atom stereocenters. The average Bonchev–Trinajstić information content (AvgIpc) is 1.85. The Labute approximate surface area is 69.3 Å². The van der Waals surface area contributed by atoms with Crippen molar-refractivity contribution < 1.29 is 23.4 Å². The minimum Gasteiger partial charge on any atom is -0.477 e. The van der Waals surface area contributed by atoms with E-state index in [0.717, 1.165) is 0 Å². The van der Waals surface area contributed by atoms with Crippen molar-refractivity contribution in [1.82, 2.24) is 0 Å². The molecule has 0 atom stereocenters. The quantitative estimate of drug-likeness (QED) is 0.698. The Morgan fingerprint density at radius 1 is 1.58 bits per heavy atom. The van der Waals surface area contributed by atoms with E-state index in [4.69, 9.17) is 5.11 Å². The number of carboxylic acid groups (broad SMARTS) is 1.